The average molecular weight is 403 g/mol. The van der Waals surface area contributed by atoms with Crippen molar-refractivity contribution in [3.05, 3.63) is 27.2 Å². The molecule has 1 saturated heterocycles. The Labute approximate surface area is 150 Å². The number of benzene rings is 1. The van der Waals surface area contributed by atoms with E-state index in [1.165, 1.54) is 0 Å². The molecule has 0 N–H and O–H groups in total. The van der Waals surface area contributed by atoms with Gasteiger partial charge in [0, 0.05) is 29.6 Å². The van der Waals surface area contributed by atoms with E-state index in [-0.39, 0.29) is 12.0 Å². The molecule has 2 aliphatic heterocycles. The second-order valence-electron chi connectivity index (χ2n) is 7.19. The first-order valence-corrected chi connectivity index (χ1v) is 9.01. The number of carbonyl (C=O) groups is 1. The van der Waals surface area contributed by atoms with Crippen LogP contribution in [-0.2, 0) is 4.74 Å². The summed E-state index contributed by atoms with van der Waals surface area (Å²) in [4.78, 5) is 14.2. The normalized spacial score (nSPS) is 23.6. The Morgan fingerprint density at radius 2 is 2.13 bits per heavy atom. The van der Waals surface area contributed by atoms with Crippen LogP contribution >= 0.6 is 27.5 Å². The SMILES string of the molecule is CC(C)(C)OC(=O)N1C[C@@H]2CCOc3c(Br)cc(Cl)cc3[C@@H]2C1. The second-order valence-corrected chi connectivity index (χ2v) is 8.49. The topological polar surface area (TPSA) is 38.8 Å². The van der Waals surface area contributed by atoms with E-state index in [2.05, 4.69) is 15.9 Å². The van der Waals surface area contributed by atoms with Crippen molar-refractivity contribution < 1.29 is 14.3 Å². The lowest BCUT2D eigenvalue weighted by molar-refractivity contribution is 0.0284. The number of rotatable bonds is 0. The van der Waals surface area contributed by atoms with Crippen LogP contribution in [0.4, 0.5) is 4.79 Å². The van der Waals surface area contributed by atoms with E-state index < -0.39 is 5.60 Å². The largest absolute Gasteiger partial charge is 0.492 e. The first kappa shape index (κ1) is 16.9. The Bertz CT molecular complexity index is 629. The summed E-state index contributed by atoms with van der Waals surface area (Å²) in [6.45, 7) is 7.66. The molecule has 0 bridgehead atoms. The van der Waals surface area contributed by atoms with E-state index in [1.807, 2.05) is 37.8 Å². The monoisotopic (exact) mass is 401 g/mol. The van der Waals surface area contributed by atoms with Gasteiger partial charge >= 0.3 is 6.09 Å². The third kappa shape index (κ3) is 3.61. The number of likely N-dealkylation sites (tertiary alicyclic amines) is 1. The van der Waals surface area contributed by atoms with Crippen LogP contribution in [0.15, 0.2) is 16.6 Å². The molecule has 3 rings (SSSR count). The maximum atomic E-state index is 12.4. The van der Waals surface area contributed by atoms with Crippen molar-refractivity contribution in [2.45, 2.75) is 38.7 Å². The highest BCUT2D eigenvalue weighted by Crippen LogP contribution is 2.45. The van der Waals surface area contributed by atoms with Gasteiger partial charge in [-0.1, -0.05) is 11.6 Å². The number of halogens is 2. The summed E-state index contributed by atoms with van der Waals surface area (Å²) in [5, 5.41) is 0.676. The van der Waals surface area contributed by atoms with Gasteiger partial charge in [-0.2, -0.15) is 0 Å². The Morgan fingerprint density at radius 1 is 1.39 bits per heavy atom. The molecular weight excluding hydrogens is 382 g/mol. The number of amides is 1. The van der Waals surface area contributed by atoms with Gasteiger partial charge < -0.3 is 14.4 Å². The van der Waals surface area contributed by atoms with Gasteiger partial charge in [0.05, 0.1) is 11.1 Å². The van der Waals surface area contributed by atoms with Crippen molar-refractivity contribution in [3.63, 3.8) is 0 Å². The van der Waals surface area contributed by atoms with Crippen LogP contribution in [-0.4, -0.2) is 36.3 Å². The summed E-state index contributed by atoms with van der Waals surface area (Å²) in [5.41, 5.74) is 0.604. The van der Waals surface area contributed by atoms with Crippen LogP contribution in [0.5, 0.6) is 5.75 Å². The van der Waals surface area contributed by atoms with E-state index in [4.69, 9.17) is 21.1 Å². The highest BCUT2D eigenvalue weighted by molar-refractivity contribution is 9.10. The third-order valence-electron chi connectivity index (χ3n) is 4.26. The Morgan fingerprint density at radius 3 is 2.83 bits per heavy atom. The maximum Gasteiger partial charge on any atom is 0.410 e. The molecule has 1 fully saturated rings. The Balaban J connectivity index is 1.86. The number of fused-ring (bicyclic) bond motifs is 3. The fraction of sp³-hybridized carbons (Fsp3) is 0.588. The van der Waals surface area contributed by atoms with E-state index in [1.54, 1.807) is 0 Å². The molecule has 2 atom stereocenters. The number of nitrogens with zero attached hydrogens (tertiary/aromatic N) is 1. The summed E-state index contributed by atoms with van der Waals surface area (Å²) < 4.78 is 12.3. The van der Waals surface area contributed by atoms with E-state index in [9.17, 15) is 4.79 Å². The van der Waals surface area contributed by atoms with E-state index >= 15 is 0 Å². The molecule has 6 heteroatoms. The predicted octanol–water partition coefficient (Wildman–Crippen LogP) is 4.84. The van der Waals surface area contributed by atoms with Crippen LogP contribution in [0, 0.1) is 5.92 Å². The maximum absolute atomic E-state index is 12.4. The summed E-state index contributed by atoms with van der Waals surface area (Å²) in [5.74, 6) is 1.46. The third-order valence-corrected chi connectivity index (χ3v) is 5.07. The highest BCUT2D eigenvalue weighted by Gasteiger charge is 2.40. The zero-order chi connectivity index (χ0) is 16.8. The molecule has 0 aromatic heterocycles. The van der Waals surface area contributed by atoms with Crippen LogP contribution in [0.25, 0.3) is 0 Å². The molecule has 23 heavy (non-hydrogen) atoms. The zero-order valence-corrected chi connectivity index (χ0v) is 15.9. The summed E-state index contributed by atoms with van der Waals surface area (Å²) in [6, 6.07) is 3.81. The van der Waals surface area contributed by atoms with Crippen molar-refractivity contribution in [1.82, 2.24) is 4.90 Å². The minimum absolute atomic E-state index is 0.231. The van der Waals surface area contributed by atoms with Crippen molar-refractivity contribution in [2.75, 3.05) is 19.7 Å². The zero-order valence-electron chi connectivity index (χ0n) is 13.6. The van der Waals surface area contributed by atoms with Crippen LogP contribution in [0.3, 0.4) is 0 Å². The molecule has 0 aliphatic carbocycles. The average Bonchev–Trinajstić information content (AvgIpc) is 2.76. The van der Waals surface area contributed by atoms with Gasteiger partial charge in [-0.3, -0.25) is 0 Å². The molecular formula is C17H21BrClNO3. The van der Waals surface area contributed by atoms with E-state index in [0.717, 1.165) is 22.2 Å². The van der Waals surface area contributed by atoms with Crippen LogP contribution in [0.2, 0.25) is 5.02 Å². The summed E-state index contributed by atoms with van der Waals surface area (Å²) >= 11 is 9.75. The van der Waals surface area contributed by atoms with Gasteiger partial charge in [-0.25, -0.2) is 4.79 Å². The first-order chi connectivity index (χ1) is 10.7. The lowest BCUT2D eigenvalue weighted by Crippen LogP contribution is -2.35. The Hall–Kier alpha value is -0.940. The summed E-state index contributed by atoms with van der Waals surface area (Å²) in [7, 11) is 0. The number of hydrogen-bond acceptors (Lipinski definition) is 3. The number of carbonyl (C=O) groups excluding carboxylic acids is 1. The molecule has 0 spiro atoms. The Kier molecular flexibility index (Phi) is 4.53. The van der Waals surface area contributed by atoms with Crippen molar-refractivity contribution in [1.29, 1.82) is 0 Å². The van der Waals surface area contributed by atoms with Gasteiger partial charge in [0.1, 0.15) is 11.4 Å². The number of hydrogen-bond donors (Lipinski definition) is 0. The fourth-order valence-corrected chi connectivity index (χ4v) is 4.26. The standard InChI is InChI=1S/C17H21BrClNO3/c1-17(2,3)23-16(21)20-8-10-4-5-22-15-12(13(10)9-20)6-11(19)7-14(15)18/h6-7,10,13H,4-5,8-9H2,1-3H3/t10-,13+/m0/s1. The molecule has 2 heterocycles. The molecule has 0 saturated carbocycles. The molecule has 1 aromatic rings. The van der Waals surface area contributed by atoms with Gasteiger partial charge in [-0.15, -0.1) is 0 Å². The van der Waals surface area contributed by atoms with Crippen LogP contribution in [0.1, 0.15) is 38.7 Å². The van der Waals surface area contributed by atoms with Gasteiger partial charge in [0.2, 0.25) is 0 Å². The molecule has 126 valence electrons. The molecule has 0 unspecified atom stereocenters. The van der Waals surface area contributed by atoms with E-state index in [0.29, 0.717) is 30.6 Å². The van der Waals surface area contributed by atoms with Crippen molar-refractivity contribution in [3.8, 4) is 5.75 Å². The fourth-order valence-electron chi connectivity index (χ4n) is 3.31. The minimum Gasteiger partial charge on any atom is -0.492 e. The molecule has 1 amide bonds. The predicted molar refractivity (Wildman–Crippen MR) is 93.3 cm³/mol. The van der Waals surface area contributed by atoms with Crippen molar-refractivity contribution in [2.24, 2.45) is 5.92 Å². The first-order valence-electron chi connectivity index (χ1n) is 7.84. The lowest BCUT2D eigenvalue weighted by Gasteiger charge is -2.24. The smallest absolute Gasteiger partial charge is 0.410 e. The highest BCUT2D eigenvalue weighted by atomic mass is 79.9. The lowest BCUT2D eigenvalue weighted by atomic mass is 9.87. The van der Waals surface area contributed by atoms with Gasteiger partial charge in [0.15, 0.2) is 0 Å². The quantitative estimate of drug-likeness (QED) is 0.623. The van der Waals surface area contributed by atoms with Crippen molar-refractivity contribution >= 4 is 33.6 Å². The molecule has 1 aromatic carbocycles. The van der Waals surface area contributed by atoms with Gasteiger partial charge in [0.25, 0.3) is 0 Å². The molecule has 2 aliphatic rings. The molecule has 4 nitrogen and oxygen atoms in total. The molecule has 0 radical (unpaired) electrons. The summed E-state index contributed by atoms with van der Waals surface area (Å²) in [6.07, 6.45) is 0.678. The number of ether oxygens (including phenoxy) is 2. The second kappa shape index (κ2) is 6.17. The van der Waals surface area contributed by atoms with Crippen LogP contribution < -0.4 is 4.74 Å². The minimum atomic E-state index is -0.477. The van der Waals surface area contributed by atoms with Gasteiger partial charge in [-0.05, 0) is 61.2 Å².